The number of rotatable bonds is 4. The summed E-state index contributed by atoms with van der Waals surface area (Å²) in [5.41, 5.74) is 4.73. The zero-order valence-electron chi connectivity index (χ0n) is 14.5. The van der Waals surface area contributed by atoms with Crippen LogP contribution in [0.5, 0.6) is 0 Å². The van der Waals surface area contributed by atoms with E-state index in [0.29, 0.717) is 17.1 Å². The number of aryl methyl sites for hydroxylation is 1. The Labute approximate surface area is 153 Å². The molecule has 0 unspecified atom stereocenters. The highest BCUT2D eigenvalue weighted by atomic mass is 35.5. The van der Waals surface area contributed by atoms with Crippen molar-refractivity contribution >= 4 is 23.0 Å². The predicted octanol–water partition coefficient (Wildman–Crippen LogP) is 4.19. The molecule has 2 aromatic carbocycles. The highest BCUT2D eigenvalue weighted by Gasteiger charge is 2.22. The number of nitro groups is 1. The SMILES string of the molecule is Cc1cccc(N2CCN(Cc3cc(Cl)ccc3[N+](=O)[O-])CC2)c1C. The van der Waals surface area contributed by atoms with Crippen LogP contribution in [0.4, 0.5) is 11.4 Å². The van der Waals surface area contributed by atoms with Crippen LogP contribution in [0.2, 0.25) is 5.02 Å². The average Bonchev–Trinajstić information content (AvgIpc) is 2.58. The Bertz CT molecular complexity index is 786. The number of piperazine rings is 1. The van der Waals surface area contributed by atoms with Gasteiger partial charge in [-0.2, -0.15) is 0 Å². The van der Waals surface area contributed by atoms with Crippen molar-refractivity contribution in [1.29, 1.82) is 0 Å². The molecule has 0 spiro atoms. The van der Waals surface area contributed by atoms with Gasteiger partial charge in [-0.25, -0.2) is 0 Å². The molecule has 6 heteroatoms. The highest BCUT2D eigenvalue weighted by molar-refractivity contribution is 6.30. The molecule has 0 N–H and O–H groups in total. The Kier molecular flexibility index (Phi) is 5.25. The first kappa shape index (κ1) is 17.7. The van der Waals surface area contributed by atoms with Gasteiger partial charge in [-0.05, 0) is 43.2 Å². The van der Waals surface area contributed by atoms with Crippen molar-refractivity contribution in [2.24, 2.45) is 0 Å². The lowest BCUT2D eigenvalue weighted by atomic mass is 10.1. The quantitative estimate of drug-likeness (QED) is 0.606. The second-order valence-corrected chi connectivity index (χ2v) is 6.95. The molecular weight excluding hydrogens is 338 g/mol. The van der Waals surface area contributed by atoms with E-state index in [1.807, 2.05) is 0 Å². The lowest BCUT2D eigenvalue weighted by Crippen LogP contribution is -2.46. The summed E-state index contributed by atoms with van der Waals surface area (Å²) in [4.78, 5) is 15.5. The predicted molar refractivity (Wildman–Crippen MR) is 102 cm³/mol. The first-order chi connectivity index (χ1) is 12.0. The van der Waals surface area contributed by atoms with E-state index in [0.717, 1.165) is 26.2 Å². The van der Waals surface area contributed by atoms with Gasteiger partial charge in [0.2, 0.25) is 0 Å². The highest BCUT2D eigenvalue weighted by Crippen LogP contribution is 2.27. The summed E-state index contributed by atoms with van der Waals surface area (Å²) in [6.07, 6.45) is 0. The fourth-order valence-corrected chi connectivity index (χ4v) is 3.52. The Morgan fingerprint density at radius 3 is 2.52 bits per heavy atom. The van der Waals surface area contributed by atoms with Crippen molar-refractivity contribution in [3.63, 3.8) is 0 Å². The van der Waals surface area contributed by atoms with Gasteiger partial charge < -0.3 is 4.90 Å². The van der Waals surface area contributed by atoms with Crippen LogP contribution in [0.25, 0.3) is 0 Å². The van der Waals surface area contributed by atoms with Gasteiger partial charge in [-0.15, -0.1) is 0 Å². The van der Waals surface area contributed by atoms with Gasteiger partial charge in [0.15, 0.2) is 0 Å². The summed E-state index contributed by atoms with van der Waals surface area (Å²) >= 11 is 6.03. The summed E-state index contributed by atoms with van der Waals surface area (Å²) < 4.78 is 0. The van der Waals surface area contributed by atoms with Crippen molar-refractivity contribution in [1.82, 2.24) is 4.90 Å². The van der Waals surface area contributed by atoms with Gasteiger partial charge in [0.1, 0.15) is 0 Å². The Morgan fingerprint density at radius 2 is 1.84 bits per heavy atom. The normalized spacial score (nSPS) is 15.4. The third-order valence-corrected chi connectivity index (χ3v) is 5.16. The molecule has 1 heterocycles. The van der Waals surface area contributed by atoms with Gasteiger partial charge in [0, 0.05) is 55.1 Å². The summed E-state index contributed by atoms with van der Waals surface area (Å²) in [6, 6.07) is 11.2. The molecular formula is C19H22ClN3O2. The molecule has 25 heavy (non-hydrogen) atoms. The first-order valence-electron chi connectivity index (χ1n) is 8.42. The number of anilines is 1. The van der Waals surface area contributed by atoms with Crippen LogP contribution in [0, 0.1) is 24.0 Å². The maximum atomic E-state index is 11.2. The van der Waals surface area contributed by atoms with E-state index in [9.17, 15) is 10.1 Å². The van der Waals surface area contributed by atoms with E-state index in [-0.39, 0.29) is 10.6 Å². The van der Waals surface area contributed by atoms with E-state index >= 15 is 0 Å². The second kappa shape index (κ2) is 7.42. The largest absolute Gasteiger partial charge is 0.369 e. The van der Waals surface area contributed by atoms with Gasteiger partial charge >= 0.3 is 0 Å². The van der Waals surface area contributed by atoms with Crippen molar-refractivity contribution in [3.8, 4) is 0 Å². The number of hydrogen-bond donors (Lipinski definition) is 0. The smallest absolute Gasteiger partial charge is 0.273 e. The van der Waals surface area contributed by atoms with Crippen LogP contribution in [-0.2, 0) is 6.54 Å². The van der Waals surface area contributed by atoms with Gasteiger partial charge in [0.05, 0.1) is 4.92 Å². The monoisotopic (exact) mass is 359 g/mol. The molecule has 0 bridgehead atoms. The molecule has 0 amide bonds. The molecule has 0 saturated carbocycles. The summed E-state index contributed by atoms with van der Waals surface area (Å²) in [7, 11) is 0. The summed E-state index contributed by atoms with van der Waals surface area (Å²) in [5.74, 6) is 0. The molecule has 0 aromatic heterocycles. The molecule has 1 saturated heterocycles. The fourth-order valence-electron chi connectivity index (χ4n) is 3.32. The molecule has 1 fully saturated rings. The zero-order valence-corrected chi connectivity index (χ0v) is 15.3. The first-order valence-corrected chi connectivity index (χ1v) is 8.80. The molecule has 2 aromatic rings. The second-order valence-electron chi connectivity index (χ2n) is 6.51. The minimum absolute atomic E-state index is 0.140. The lowest BCUT2D eigenvalue weighted by molar-refractivity contribution is -0.385. The third kappa shape index (κ3) is 3.94. The zero-order chi connectivity index (χ0) is 18.0. The van der Waals surface area contributed by atoms with E-state index < -0.39 is 0 Å². The van der Waals surface area contributed by atoms with Gasteiger partial charge in [-0.1, -0.05) is 23.7 Å². The molecule has 0 aliphatic carbocycles. The van der Waals surface area contributed by atoms with E-state index in [4.69, 9.17) is 11.6 Å². The Balaban J connectivity index is 1.68. The van der Waals surface area contributed by atoms with Gasteiger partial charge in [-0.3, -0.25) is 15.0 Å². The molecule has 0 atom stereocenters. The molecule has 1 aliphatic rings. The number of nitrogens with zero attached hydrogens (tertiary/aromatic N) is 3. The molecule has 5 nitrogen and oxygen atoms in total. The number of halogens is 1. The van der Waals surface area contributed by atoms with Gasteiger partial charge in [0.25, 0.3) is 5.69 Å². The van der Waals surface area contributed by atoms with Crippen LogP contribution in [0.1, 0.15) is 16.7 Å². The topological polar surface area (TPSA) is 49.6 Å². The molecule has 1 aliphatic heterocycles. The third-order valence-electron chi connectivity index (χ3n) is 4.92. The number of nitro benzene ring substituents is 1. The minimum atomic E-state index is -0.335. The van der Waals surface area contributed by atoms with Crippen LogP contribution >= 0.6 is 11.6 Å². The number of benzene rings is 2. The van der Waals surface area contributed by atoms with Crippen molar-refractivity contribution < 1.29 is 4.92 Å². The summed E-state index contributed by atoms with van der Waals surface area (Å²) in [5, 5.41) is 11.8. The lowest BCUT2D eigenvalue weighted by Gasteiger charge is -2.37. The molecule has 3 rings (SSSR count). The van der Waals surface area contributed by atoms with Crippen molar-refractivity contribution in [3.05, 3.63) is 68.2 Å². The van der Waals surface area contributed by atoms with E-state index in [2.05, 4.69) is 41.8 Å². The van der Waals surface area contributed by atoms with Crippen LogP contribution in [-0.4, -0.2) is 36.0 Å². The van der Waals surface area contributed by atoms with Crippen LogP contribution in [0.3, 0.4) is 0 Å². The average molecular weight is 360 g/mol. The Hall–Kier alpha value is -2.11. The Morgan fingerprint density at radius 1 is 1.12 bits per heavy atom. The van der Waals surface area contributed by atoms with E-state index in [1.54, 1.807) is 12.1 Å². The standard InChI is InChI=1S/C19H22ClN3O2/c1-14-4-3-5-18(15(14)2)22-10-8-21(9-11-22)13-16-12-17(20)6-7-19(16)23(24)25/h3-7,12H,8-11,13H2,1-2H3. The van der Waals surface area contributed by atoms with Crippen molar-refractivity contribution in [2.45, 2.75) is 20.4 Å². The summed E-state index contributed by atoms with van der Waals surface area (Å²) in [6.45, 7) is 8.42. The molecule has 132 valence electrons. The van der Waals surface area contributed by atoms with Crippen LogP contribution in [0.15, 0.2) is 36.4 Å². The van der Waals surface area contributed by atoms with E-state index in [1.165, 1.54) is 22.9 Å². The fraction of sp³-hybridized carbons (Fsp3) is 0.368. The van der Waals surface area contributed by atoms with Crippen molar-refractivity contribution in [2.75, 3.05) is 31.1 Å². The maximum Gasteiger partial charge on any atom is 0.273 e. The van der Waals surface area contributed by atoms with Crippen LogP contribution < -0.4 is 4.90 Å². The minimum Gasteiger partial charge on any atom is -0.369 e. The maximum absolute atomic E-state index is 11.2. The molecule has 0 radical (unpaired) electrons. The number of hydrogen-bond acceptors (Lipinski definition) is 4.